The third-order valence-electron chi connectivity index (χ3n) is 4.70. The number of halogens is 6. The summed E-state index contributed by atoms with van der Waals surface area (Å²) in [7, 11) is 0. The first kappa shape index (κ1) is 22.6. The number of benzene rings is 2. The topological polar surface area (TPSA) is 50.7 Å². The second-order valence-corrected chi connectivity index (χ2v) is 7.72. The van der Waals surface area contributed by atoms with E-state index in [4.69, 9.17) is 4.74 Å². The van der Waals surface area contributed by atoms with Crippen LogP contribution in [0.15, 0.2) is 41.5 Å². The van der Waals surface area contributed by atoms with Gasteiger partial charge in [0.1, 0.15) is 11.4 Å². The van der Waals surface area contributed by atoms with E-state index >= 15 is 0 Å². The zero-order valence-corrected chi connectivity index (χ0v) is 16.5. The fraction of sp³-hybridized carbons (Fsp3) is 0.333. The van der Waals surface area contributed by atoms with E-state index in [1.165, 1.54) is 6.21 Å². The Morgan fingerprint density at radius 1 is 1.03 bits per heavy atom. The van der Waals surface area contributed by atoms with Crippen LogP contribution in [0.4, 0.5) is 26.3 Å². The summed E-state index contributed by atoms with van der Waals surface area (Å²) in [5, 5.41) is 3.65. The van der Waals surface area contributed by atoms with Gasteiger partial charge < -0.3 is 4.74 Å². The van der Waals surface area contributed by atoms with Gasteiger partial charge in [-0.3, -0.25) is 4.79 Å². The molecule has 4 nitrogen and oxygen atoms in total. The van der Waals surface area contributed by atoms with E-state index in [0.29, 0.717) is 17.7 Å². The second kappa shape index (κ2) is 7.90. The van der Waals surface area contributed by atoms with Crippen LogP contribution in [0.1, 0.15) is 52.9 Å². The molecule has 0 unspecified atom stereocenters. The van der Waals surface area contributed by atoms with Gasteiger partial charge in [-0.05, 0) is 74.2 Å². The van der Waals surface area contributed by atoms with Gasteiger partial charge in [-0.25, -0.2) is 5.43 Å². The number of nitrogens with one attached hydrogen (secondary N) is 1. The molecular weight excluding hydrogens is 426 g/mol. The Morgan fingerprint density at radius 3 is 2.23 bits per heavy atom. The van der Waals surface area contributed by atoms with Crippen LogP contribution < -0.4 is 10.2 Å². The van der Waals surface area contributed by atoms with Crippen LogP contribution in [-0.4, -0.2) is 17.7 Å². The Labute approximate surface area is 173 Å². The van der Waals surface area contributed by atoms with Crippen LogP contribution in [0.2, 0.25) is 0 Å². The molecule has 1 heterocycles. The zero-order chi connectivity index (χ0) is 23.0. The molecular formula is C21H18F6N2O2. The molecule has 0 atom stereocenters. The van der Waals surface area contributed by atoms with E-state index in [1.807, 2.05) is 19.3 Å². The first-order valence-electron chi connectivity index (χ1n) is 9.19. The first-order valence-corrected chi connectivity index (χ1v) is 9.19. The SMILES string of the molecule is CC1(C)CCc2cc(C=NNC(=O)c3cc(C(F)(F)F)cc(C(F)(F)F)c3)ccc2O1. The van der Waals surface area contributed by atoms with Crippen molar-refractivity contribution in [3.05, 3.63) is 64.2 Å². The molecule has 0 fully saturated rings. The van der Waals surface area contributed by atoms with Crippen molar-refractivity contribution in [3.63, 3.8) is 0 Å². The van der Waals surface area contributed by atoms with E-state index in [2.05, 4.69) is 5.10 Å². The van der Waals surface area contributed by atoms with Crippen molar-refractivity contribution in [3.8, 4) is 5.75 Å². The Balaban J connectivity index is 1.77. The fourth-order valence-electron chi connectivity index (χ4n) is 3.08. The largest absolute Gasteiger partial charge is 0.488 e. The van der Waals surface area contributed by atoms with Crippen LogP contribution in [0.3, 0.4) is 0 Å². The van der Waals surface area contributed by atoms with Crippen molar-refractivity contribution in [2.45, 2.75) is 44.6 Å². The number of fused-ring (bicyclic) bond motifs is 1. The normalized spacial score (nSPS) is 16.0. The summed E-state index contributed by atoms with van der Waals surface area (Å²) in [5.41, 5.74) is -0.755. The van der Waals surface area contributed by atoms with Crippen molar-refractivity contribution in [2.24, 2.45) is 5.10 Å². The predicted molar refractivity (Wildman–Crippen MR) is 101 cm³/mol. The molecule has 1 amide bonds. The molecule has 166 valence electrons. The molecule has 3 rings (SSSR count). The van der Waals surface area contributed by atoms with Crippen molar-refractivity contribution >= 4 is 12.1 Å². The Morgan fingerprint density at radius 2 is 1.65 bits per heavy atom. The van der Waals surface area contributed by atoms with Gasteiger partial charge in [0, 0.05) is 5.56 Å². The number of aryl methyl sites for hydroxylation is 1. The highest BCUT2D eigenvalue weighted by molar-refractivity contribution is 5.95. The lowest BCUT2D eigenvalue weighted by Gasteiger charge is -2.32. The highest BCUT2D eigenvalue weighted by Crippen LogP contribution is 2.36. The van der Waals surface area contributed by atoms with Crippen LogP contribution in [0, 0.1) is 0 Å². The Hall–Kier alpha value is -3.04. The highest BCUT2D eigenvalue weighted by atomic mass is 19.4. The highest BCUT2D eigenvalue weighted by Gasteiger charge is 2.37. The number of amides is 1. The van der Waals surface area contributed by atoms with Crippen molar-refractivity contribution in [2.75, 3.05) is 0 Å². The smallest absolute Gasteiger partial charge is 0.416 e. The lowest BCUT2D eigenvalue weighted by molar-refractivity contribution is -0.143. The number of alkyl halides is 6. The number of carbonyl (C=O) groups is 1. The van der Waals surface area contributed by atoms with Crippen LogP contribution >= 0.6 is 0 Å². The number of nitrogens with zero attached hydrogens (tertiary/aromatic N) is 1. The lowest BCUT2D eigenvalue weighted by Crippen LogP contribution is -2.32. The lowest BCUT2D eigenvalue weighted by atomic mass is 9.93. The molecule has 0 aromatic heterocycles. The third kappa shape index (κ3) is 5.56. The van der Waals surface area contributed by atoms with E-state index in [9.17, 15) is 31.1 Å². The summed E-state index contributed by atoms with van der Waals surface area (Å²) in [6.07, 6.45) is -7.27. The Kier molecular flexibility index (Phi) is 5.77. The predicted octanol–water partition coefficient (Wildman–Crippen LogP) is 5.59. The minimum Gasteiger partial charge on any atom is -0.488 e. The molecule has 1 N–H and O–H groups in total. The van der Waals surface area contributed by atoms with Gasteiger partial charge in [-0.2, -0.15) is 31.4 Å². The van der Waals surface area contributed by atoms with Crippen molar-refractivity contribution < 1.29 is 35.9 Å². The molecule has 0 radical (unpaired) electrons. The standard InChI is InChI=1S/C21H18F6N2O2/c1-19(2)6-5-13-7-12(3-4-17(13)31-19)11-28-29-18(30)14-8-15(20(22,23)24)10-16(9-14)21(25,26)27/h3-4,7-11H,5-6H2,1-2H3,(H,29,30). The molecule has 31 heavy (non-hydrogen) atoms. The number of ether oxygens (including phenoxy) is 1. The molecule has 1 aliphatic heterocycles. The number of rotatable bonds is 3. The summed E-state index contributed by atoms with van der Waals surface area (Å²) >= 11 is 0. The summed E-state index contributed by atoms with van der Waals surface area (Å²) in [4.78, 5) is 12.1. The quantitative estimate of drug-likeness (QED) is 0.381. The van der Waals surface area contributed by atoms with Crippen molar-refractivity contribution in [1.82, 2.24) is 5.43 Å². The third-order valence-corrected chi connectivity index (χ3v) is 4.70. The molecule has 1 aliphatic rings. The maximum absolute atomic E-state index is 12.9. The maximum Gasteiger partial charge on any atom is 0.416 e. The van der Waals surface area contributed by atoms with E-state index in [0.717, 1.165) is 24.2 Å². The Bertz CT molecular complexity index is 993. The summed E-state index contributed by atoms with van der Waals surface area (Å²) < 4.78 is 83.4. The van der Waals surface area contributed by atoms with Crippen molar-refractivity contribution in [1.29, 1.82) is 0 Å². The number of hydrazone groups is 1. The van der Waals surface area contributed by atoms with Gasteiger partial charge >= 0.3 is 12.4 Å². The average molecular weight is 444 g/mol. The van der Waals surface area contributed by atoms with Gasteiger partial charge in [0.05, 0.1) is 17.3 Å². The van der Waals surface area contributed by atoms with Crippen LogP contribution in [-0.2, 0) is 18.8 Å². The van der Waals surface area contributed by atoms with Gasteiger partial charge in [0.15, 0.2) is 0 Å². The summed E-state index contributed by atoms with van der Waals surface area (Å²) in [6.45, 7) is 3.94. The van der Waals surface area contributed by atoms with Gasteiger partial charge in [0.2, 0.25) is 0 Å². The molecule has 0 saturated carbocycles. The van der Waals surface area contributed by atoms with Gasteiger partial charge in [-0.1, -0.05) is 0 Å². The summed E-state index contributed by atoms with van der Waals surface area (Å²) in [6, 6.07) is 5.84. The minimum absolute atomic E-state index is 0.0451. The number of hydrogen-bond acceptors (Lipinski definition) is 3. The van der Waals surface area contributed by atoms with Crippen LogP contribution in [0.25, 0.3) is 0 Å². The van der Waals surface area contributed by atoms with Gasteiger partial charge in [0.25, 0.3) is 5.91 Å². The molecule has 2 aromatic carbocycles. The monoisotopic (exact) mass is 444 g/mol. The first-order chi connectivity index (χ1) is 14.2. The maximum atomic E-state index is 12.9. The van der Waals surface area contributed by atoms with Crippen LogP contribution in [0.5, 0.6) is 5.75 Å². The zero-order valence-electron chi connectivity index (χ0n) is 16.5. The fourth-order valence-corrected chi connectivity index (χ4v) is 3.08. The molecule has 0 saturated heterocycles. The number of hydrogen-bond donors (Lipinski definition) is 1. The van der Waals surface area contributed by atoms with E-state index in [1.54, 1.807) is 18.2 Å². The van der Waals surface area contributed by atoms with E-state index < -0.39 is 35.0 Å². The average Bonchev–Trinajstić information content (AvgIpc) is 2.65. The van der Waals surface area contributed by atoms with Gasteiger partial charge in [-0.15, -0.1) is 0 Å². The number of carbonyl (C=O) groups excluding carboxylic acids is 1. The molecule has 10 heteroatoms. The molecule has 0 spiro atoms. The second-order valence-electron chi connectivity index (χ2n) is 7.72. The minimum atomic E-state index is -5.04. The molecule has 2 aromatic rings. The van der Waals surface area contributed by atoms with E-state index in [-0.39, 0.29) is 11.7 Å². The molecule has 0 bridgehead atoms. The molecule has 0 aliphatic carbocycles. The summed E-state index contributed by atoms with van der Waals surface area (Å²) in [5.74, 6) is -0.475.